The quantitative estimate of drug-likeness (QED) is 0.581. The van der Waals surface area contributed by atoms with E-state index < -0.39 is 0 Å². The van der Waals surface area contributed by atoms with Gasteiger partial charge in [0.2, 0.25) is 0 Å². The Kier molecular flexibility index (Phi) is 3.60. The van der Waals surface area contributed by atoms with Crippen LogP contribution in [-0.2, 0) is 0 Å². The third-order valence-electron chi connectivity index (χ3n) is 4.62. The van der Waals surface area contributed by atoms with E-state index in [-0.39, 0.29) is 6.04 Å². The first-order chi connectivity index (χ1) is 10.6. The van der Waals surface area contributed by atoms with Gasteiger partial charge < -0.3 is 5.32 Å². The van der Waals surface area contributed by atoms with Gasteiger partial charge in [-0.05, 0) is 53.8 Å². The zero-order chi connectivity index (χ0) is 15.3. The van der Waals surface area contributed by atoms with Gasteiger partial charge in [0.1, 0.15) is 0 Å². The minimum absolute atomic E-state index is 0.179. The fourth-order valence-electron chi connectivity index (χ4n) is 3.63. The van der Waals surface area contributed by atoms with Crippen LogP contribution in [0.2, 0.25) is 15.1 Å². The average molecular weight is 351 g/mol. The van der Waals surface area contributed by atoms with Crippen LogP contribution in [0.4, 0.5) is 5.69 Å². The third-order valence-corrected chi connectivity index (χ3v) is 5.42. The second kappa shape index (κ2) is 5.49. The zero-order valence-electron chi connectivity index (χ0n) is 11.7. The molecule has 2 aromatic rings. The number of anilines is 1. The summed E-state index contributed by atoms with van der Waals surface area (Å²) in [4.78, 5) is 0. The van der Waals surface area contributed by atoms with Crippen LogP contribution in [0, 0.1) is 5.92 Å². The summed E-state index contributed by atoms with van der Waals surface area (Å²) in [6.45, 7) is 0. The van der Waals surface area contributed by atoms with Crippen molar-refractivity contribution in [3.63, 3.8) is 0 Å². The second-order valence-electron chi connectivity index (χ2n) is 5.87. The molecule has 1 nitrogen and oxygen atoms in total. The Morgan fingerprint density at radius 3 is 2.50 bits per heavy atom. The molecule has 0 amide bonds. The van der Waals surface area contributed by atoms with Gasteiger partial charge in [-0.1, -0.05) is 53.0 Å². The minimum atomic E-state index is 0.179. The van der Waals surface area contributed by atoms with Crippen LogP contribution < -0.4 is 5.32 Å². The third kappa shape index (κ3) is 2.32. The Balaban J connectivity index is 1.81. The number of nitrogens with one attached hydrogen (secondary N) is 1. The maximum absolute atomic E-state index is 6.44. The first-order valence-corrected chi connectivity index (χ1v) is 8.44. The van der Waals surface area contributed by atoms with Crippen LogP contribution in [0.3, 0.4) is 0 Å². The summed E-state index contributed by atoms with van der Waals surface area (Å²) in [7, 11) is 0. The molecule has 0 radical (unpaired) electrons. The highest BCUT2D eigenvalue weighted by Crippen LogP contribution is 2.51. The van der Waals surface area contributed by atoms with Crippen LogP contribution in [-0.4, -0.2) is 0 Å². The minimum Gasteiger partial charge on any atom is -0.378 e. The van der Waals surface area contributed by atoms with E-state index in [0.717, 1.165) is 22.7 Å². The zero-order valence-corrected chi connectivity index (χ0v) is 14.0. The fourth-order valence-corrected chi connectivity index (χ4v) is 4.33. The molecule has 3 atom stereocenters. The van der Waals surface area contributed by atoms with E-state index in [1.54, 1.807) is 0 Å². The normalized spacial score (nSPS) is 25.5. The van der Waals surface area contributed by atoms with Gasteiger partial charge in [-0.3, -0.25) is 0 Å². The molecule has 4 heteroatoms. The highest BCUT2D eigenvalue weighted by atomic mass is 35.5. The first-order valence-electron chi connectivity index (χ1n) is 7.31. The SMILES string of the molecule is Clc1ccc([C@@H]2Nc3ccc(Cl)cc3[C@@H]3C=CC[C@@H]32)c(Cl)c1. The number of allylic oxidation sites excluding steroid dienone is 2. The van der Waals surface area contributed by atoms with Gasteiger partial charge in [-0.25, -0.2) is 0 Å². The smallest absolute Gasteiger partial charge is 0.0568 e. The summed E-state index contributed by atoms with van der Waals surface area (Å²) in [5.74, 6) is 0.830. The summed E-state index contributed by atoms with van der Waals surface area (Å²) < 4.78 is 0. The predicted octanol–water partition coefficient (Wildman–Crippen LogP) is 6.47. The van der Waals surface area contributed by atoms with Crippen molar-refractivity contribution in [3.8, 4) is 0 Å². The molecule has 1 aliphatic heterocycles. The number of fused-ring (bicyclic) bond motifs is 3. The molecule has 1 aliphatic carbocycles. The second-order valence-corrected chi connectivity index (χ2v) is 7.15. The van der Waals surface area contributed by atoms with Crippen molar-refractivity contribution in [3.05, 3.63) is 74.7 Å². The lowest BCUT2D eigenvalue weighted by Crippen LogP contribution is -2.29. The van der Waals surface area contributed by atoms with Gasteiger partial charge in [-0.15, -0.1) is 0 Å². The van der Waals surface area contributed by atoms with E-state index in [1.807, 2.05) is 24.3 Å². The summed E-state index contributed by atoms with van der Waals surface area (Å²) >= 11 is 18.6. The maximum atomic E-state index is 6.44. The van der Waals surface area contributed by atoms with E-state index in [1.165, 1.54) is 5.56 Å². The predicted molar refractivity (Wildman–Crippen MR) is 94.3 cm³/mol. The van der Waals surface area contributed by atoms with Gasteiger partial charge in [0.25, 0.3) is 0 Å². The molecule has 0 saturated carbocycles. The molecule has 2 aliphatic rings. The maximum Gasteiger partial charge on any atom is 0.0568 e. The standard InChI is InChI=1S/C18H14Cl3N/c19-10-5-7-17-15(8-10)12-2-1-3-13(12)18(22-17)14-6-4-11(20)9-16(14)21/h1-2,4-9,12-13,18,22H,3H2/t12-,13+,18-/m1/s1. The number of benzene rings is 2. The number of halogens is 3. The summed E-state index contributed by atoms with van der Waals surface area (Å²) in [6, 6.07) is 12.0. The Morgan fingerprint density at radius 2 is 1.68 bits per heavy atom. The van der Waals surface area contributed by atoms with Crippen LogP contribution in [0.5, 0.6) is 0 Å². The van der Waals surface area contributed by atoms with Gasteiger partial charge in [0.05, 0.1) is 6.04 Å². The van der Waals surface area contributed by atoms with Crippen molar-refractivity contribution in [2.75, 3.05) is 5.32 Å². The Hall–Kier alpha value is -1.15. The largest absolute Gasteiger partial charge is 0.378 e. The summed E-state index contributed by atoms with van der Waals surface area (Å²) in [6.07, 6.45) is 5.58. The van der Waals surface area contributed by atoms with Crippen molar-refractivity contribution in [2.45, 2.75) is 18.4 Å². The van der Waals surface area contributed by atoms with Gasteiger partial charge in [0.15, 0.2) is 0 Å². The van der Waals surface area contributed by atoms with Crippen molar-refractivity contribution >= 4 is 40.5 Å². The lowest BCUT2D eigenvalue weighted by Gasteiger charge is -2.38. The van der Waals surface area contributed by atoms with Gasteiger partial charge >= 0.3 is 0 Å². The number of hydrogen-bond donors (Lipinski definition) is 1. The summed E-state index contributed by atoms with van der Waals surface area (Å²) in [5.41, 5.74) is 3.51. The molecule has 0 aromatic heterocycles. The highest BCUT2D eigenvalue weighted by molar-refractivity contribution is 6.35. The van der Waals surface area contributed by atoms with Crippen molar-refractivity contribution < 1.29 is 0 Å². The molecule has 2 aromatic carbocycles. The topological polar surface area (TPSA) is 12.0 Å². The lowest BCUT2D eigenvalue weighted by molar-refractivity contribution is 0.426. The molecule has 0 fully saturated rings. The van der Waals surface area contributed by atoms with E-state index in [0.29, 0.717) is 21.9 Å². The van der Waals surface area contributed by atoms with Crippen molar-refractivity contribution in [1.29, 1.82) is 0 Å². The fraction of sp³-hybridized carbons (Fsp3) is 0.222. The average Bonchev–Trinajstić information content (AvgIpc) is 2.97. The molecule has 0 bridgehead atoms. The molecule has 4 rings (SSSR count). The Bertz CT molecular complexity index is 769. The molecule has 1 heterocycles. The van der Waals surface area contributed by atoms with Crippen molar-refractivity contribution in [2.24, 2.45) is 5.92 Å². The molecule has 1 N–H and O–H groups in total. The number of hydrogen-bond acceptors (Lipinski definition) is 1. The van der Waals surface area contributed by atoms with Gasteiger partial charge in [-0.2, -0.15) is 0 Å². The molecule has 112 valence electrons. The Morgan fingerprint density at radius 1 is 0.909 bits per heavy atom. The van der Waals surface area contributed by atoms with Crippen LogP contribution in [0.1, 0.15) is 29.5 Å². The monoisotopic (exact) mass is 349 g/mol. The van der Waals surface area contributed by atoms with Crippen LogP contribution in [0.25, 0.3) is 0 Å². The van der Waals surface area contributed by atoms with E-state index in [2.05, 4.69) is 29.6 Å². The summed E-state index contributed by atoms with van der Waals surface area (Å²) in [5, 5.41) is 5.81. The van der Waals surface area contributed by atoms with E-state index in [4.69, 9.17) is 34.8 Å². The molecular formula is C18H14Cl3N. The molecule has 0 unspecified atom stereocenters. The molecule has 0 saturated heterocycles. The van der Waals surface area contributed by atoms with Crippen LogP contribution in [0.15, 0.2) is 48.6 Å². The van der Waals surface area contributed by atoms with E-state index in [9.17, 15) is 0 Å². The molecule has 22 heavy (non-hydrogen) atoms. The van der Waals surface area contributed by atoms with Gasteiger partial charge in [0, 0.05) is 26.7 Å². The highest BCUT2D eigenvalue weighted by Gasteiger charge is 2.38. The number of rotatable bonds is 1. The molecular weight excluding hydrogens is 337 g/mol. The van der Waals surface area contributed by atoms with Crippen molar-refractivity contribution in [1.82, 2.24) is 0 Å². The first kappa shape index (κ1) is 14.4. The van der Waals surface area contributed by atoms with Crippen LogP contribution >= 0.6 is 34.8 Å². The van der Waals surface area contributed by atoms with E-state index >= 15 is 0 Å². The molecule has 0 spiro atoms. The lowest BCUT2D eigenvalue weighted by atomic mass is 9.77. The Labute approximate surface area is 144 Å².